The summed E-state index contributed by atoms with van der Waals surface area (Å²) in [7, 11) is -5.16. The van der Waals surface area contributed by atoms with Crippen molar-refractivity contribution in [3.63, 3.8) is 0 Å². The molecule has 0 aromatic heterocycles. The van der Waals surface area contributed by atoms with E-state index >= 15 is 0 Å². The van der Waals surface area contributed by atoms with Crippen molar-refractivity contribution < 1.29 is 17.2 Å². The number of nitrogens with zero attached hydrogens (tertiary/aromatic N) is 4. The molecule has 0 spiro atoms. The number of benzene rings is 2. The summed E-state index contributed by atoms with van der Waals surface area (Å²) in [5.41, 5.74) is 1.14. The fourth-order valence-corrected chi connectivity index (χ4v) is 3.41. The van der Waals surface area contributed by atoms with Crippen molar-refractivity contribution in [2.24, 2.45) is 10.2 Å². The number of azo groups is 1. The van der Waals surface area contributed by atoms with E-state index < -0.39 is 30.8 Å². The second-order valence-corrected chi connectivity index (χ2v) is 7.57. The average molecular weight is 429 g/mol. The van der Waals surface area contributed by atoms with Crippen LogP contribution >= 0.6 is 11.6 Å². The van der Waals surface area contributed by atoms with Gasteiger partial charge in [-0.1, -0.05) is 11.6 Å². The predicted molar refractivity (Wildman–Crippen MR) is 105 cm³/mol. The SMILES string of the molecule is CCN(CC)c1ccc(N=Nc2c(Cl)cc(S(=O)(=O)F)cc2[N+](=O)[O-])c(C)c1. The van der Waals surface area contributed by atoms with Gasteiger partial charge in [-0.05, 0) is 50.6 Å². The number of halogens is 2. The molecule has 0 unspecified atom stereocenters. The summed E-state index contributed by atoms with van der Waals surface area (Å²) in [6.07, 6.45) is 0. The summed E-state index contributed by atoms with van der Waals surface area (Å²) in [5.74, 6) is 0. The van der Waals surface area contributed by atoms with Crippen LogP contribution in [0.1, 0.15) is 19.4 Å². The third-order valence-electron chi connectivity index (χ3n) is 4.06. The topological polar surface area (TPSA) is 105 Å². The summed E-state index contributed by atoms with van der Waals surface area (Å²) in [6.45, 7) is 7.56. The average Bonchev–Trinajstić information content (AvgIpc) is 2.61. The van der Waals surface area contributed by atoms with E-state index in [2.05, 4.69) is 15.1 Å². The fourth-order valence-electron chi connectivity index (χ4n) is 2.58. The molecular formula is C17H18ClFN4O4S. The Morgan fingerprint density at radius 1 is 1.18 bits per heavy atom. The largest absolute Gasteiger partial charge is 0.372 e. The lowest BCUT2D eigenvalue weighted by Gasteiger charge is -2.21. The van der Waals surface area contributed by atoms with Crippen LogP contribution in [0.3, 0.4) is 0 Å². The highest BCUT2D eigenvalue weighted by molar-refractivity contribution is 7.86. The van der Waals surface area contributed by atoms with Crippen LogP contribution < -0.4 is 4.90 Å². The Morgan fingerprint density at radius 2 is 1.82 bits per heavy atom. The number of nitro benzene ring substituents is 1. The molecule has 11 heteroatoms. The van der Waals surface area contributed by atoms with Gasteiger partial charge < -0.3 is 4.90 Å². The number of rotatable bonds is 7. The molecule has 2 aromatic rings. The number of nitro groups is 1. The minimum absolute atomic E-state index is 0.355. The monoisotopic (exact) mass is 428 g/mol. The lowest BCUT2D eigenvalue weighted by molar-refractivity contribution is -0.384. The van der Waals surface area contributed by atoms with Crippen LogP contribution in [0.4, 0.5) is 26.6 Å². The van der Waals surface area contributed by atoms with Crippen molar-refractivity contribution in [2.75, 3.05) is 18.0 Å². The minimum atomic E-state index is -5.16. The quantitative estimate of drug-likeness (QED) is 0.251. The third-order valence-corrected chi connectivity index (χ3v) is 5.15. The fraction of sp³-hybridized carbons (Fsp3) is 0.294. The molecule has 0 bridgehead atoms. The smallest absolute Gasteiger partial charge is 0.332 e. The van der Waals surface area contributed by atoms with Crippen molar-refractivity contribution in [1.82, 2.24) is 0 Å². The van der Waals surface area contributed by atoms with Gasteiger partial charge in [-0.25, -0.2) is 0 Å². The normalized spacial score (nSPS) is 11.8. The van der Waals surface area contributed by atoms with Gasteiger partial charge in [0.1, 0.15) is 4.90 Å². The maximum Gasteiger partial charge on any atom is 0.332 e. The number of hydrogen-bond acceptors (Lipinski definition) is 7. The van der Waals surface area contributed by atoms with Gasteiger partial charge in [0.2, 0.25) is 0 Å². The Balaban J connectivity index is 2.48. The molecule has 0 N–H and O–H groups in total. The van der Waals surface area contributed by atoms with Crippen LogP contribution in [-0.4, -0.2) is 26.4 Å². The minimum Gasteiger partial charge on any atom is -0.372 e. The van der Waals surface area contributed by atoms with E-state index in [1.54, 1.807) is 6.07 Å². The second-order valence-electron chi connectivity index (χ2n) is 5.81. The molecule has 150 valence electrons. The lowest BCUT2D eigenvalue weighted by atomic mass is 10.1. The molecule has 0 atom stereocenters. The third kappa shape index (κ3) is 4.82. The molecule has 0 aliphatic carbocycles. The van der Waals surface area contributed by atoms with E-state index in [0.717, 1.165) is 30.4 Å². The first-order chi connectivity index (χ1) is 13.1. The molecule has 0 radical (unpaired) electrons. The van der Waals surface area contributed by atoms with E-state index in [1.165, 1.54) is 0 Å². The summed E-state index contributed by atoms with van der Waals surface area (Å²) in [5, 5.41) is 18.7. The predicted octanol–water partition coefficient (Wildman–Crippen LogP) is 5.48. The Labute approximate surface area is 167 Å². The van der Waals surface area contributed by atoms with Gasteiger partial charge in [0.15, 0.2) is 5.69 Å². The maximum absolute atomic E-state index is 13.2. The Bertz CT molecular complexity index is 1040. The van der Waals surface area contributed by atoms with Gasteiger partial charge in [0.05, 0.1) is 15.6 Å². The van der Waals surface area contributed by atoms with Crippen molar-refractivity contribution >= 4 is 44.6 Å². The molecule has 0 saturated carbocycles. The Kier molecular flexibility index (Phi) is 6.68. The summed E-state index contributed by atoms with van der Waals surface area (Å²) in [4.78, 5) is 11.6. The van der Waals surface area contributed by atoms with Crippen molar-refractivity contribution in [2.45, 2.75) is 25.7 Å². The highest BCUT2D eigenvalue weighted by Gasteiger charge is 2.24. The van der Waals surface area contributed by atoms with Crippen molar-refractivity contribution in [1.29, 1.82) is 0 Å². The van der Waals surface area contributed by atoms with E-state index in [1.807, 2.05) is 32.9 Å². The summed E-state index contributed by atoms with van der Waals surface area (Å²) >= 11 is 5.90. The molecule has 0 aliphatic heterocycles. The van der Waals surface area contributed by atoms with Gasteiger partial charge in [-0.3, -0.25) is 10.1 Å². The van der Waals surface area contributed by atoms with Crippen molar-refractivity contribution in [3.8, 4) is 0 Å². The van der Waals surface area contributed by atoms with Gasteiger partial charge in [0, 0.05) is 24.8 Å². The number of aryl methyl sites for hydroxylation is 1. The van der Waals surface area contributed by atoms with E-state index in [-0.39, 0.29) is 5.69 Å². The van der Waals surface area contributed by atoms with Crippen LogP contribution in [0.25, 0.3) is 0 Å². The highest BCUT2D eigenvalue weighted by atomic mass is 35.5. The number of hydrogen-bond donors (Lipinski definition) is 0. The zero-order valence-electron chi connectivity index (χ0n) is 15.4. The molecule has 0 heterocycles. The van der Waals surface area contributed by atoms with Gasteiger partial charge in [0.25, 0.3) is 5.69 Å². The summed E-state index contributed by atoms with van der Waals surface area (Å²) in [6, 6.07) is 6.80. The highest BCUT2D eigenvalue weighted by Crippen LogP contribution is 2.39. The molecule has 2 rings (SSSR count). The van der Waals surface area contributed by atoms with Crippen LogP contribution in [0.5, 0.6) is 0 Å². The first kappa shape index (κ1) is 21.7. The Morgan fingerprint density at radius 3 is 2.32 bits per heavy atom. The second kappa shape index (κ2) is 8.61. The molecule has 0 aliphatic rings. The van der Waals surface area contributed by atoms with Gasteiger partial charge in [-0.2, -0.15) is 8.42 Å². The van der Waals surface area contributed by atoms with Crippen LogP contribution in [0, 0.1) is 17.0 Å². The molecule has 8 nitrogen and oxygen atoms in total. The number of anilines is 1. The van der Waals surface area contributed by atoms with E-state index in [4.69, 9.17) is 11.6 Å². The summed E-state index contributed by atoms with van der Waals surface area (Å²) < 4.78 is 35.2. The first-order valence-electron chi connectivity index (χ1n) is 8.28. The molecule has 2 aromatic carbocycles. The van der Waals surface area contributed by atoms with Gasteiger partial charge in [-0.15, -0.1) is 14.1 Å². The molecule has 28 heavy (non-hydrogen) atoms. The molecular weight excluding hydrogens is 411 g/mol. The molecule has 0 fully saturated rings. The standard InChI is InChI=1S/C17H18ClFN4O4S/c1-4-22(5-2)12-6-7-15(11(3)8-12)20-21-17-14(18)9-13(28(19,26)27)10-16(17)23(24)25/h6-10H,4-5H2,1-3H3. The van der Waals surface area contributed by atoms with Crippen LogP contribution in [0.2, 0.25) is 5.02 Å². The molecule has 0 amide bonds. The molecule has 0 saturated heterocycles. The first-order valence-corrected chi connectivity index (χ1v) is 10.0. The van der Waals surface area contributed by atoms with E-state index in [0.29, 0.717) is 11.8 Å². The maximum atomic E-state index is 13.2. The Hall–Kier alpha value is -2.59. The zero-order valence-corrected chi connectivity index (χ0v) is 17.0. The lowest BCUT2D eigenvalue weighted by Crippen LogP contribution is -2.21. The van der Waals surface area contributed by atoms with E-state index in [9.17, 15) is 22.4 Å². The van der Waals surface area contributed by atoms with Crippen LogP contribution in [0.15, 0.2) is 45.5 Å². The zero-order chi connectivity index (χ0) is 21.1. The van der Waals surface area contributed by atoms with Gasteiger partial charge >= 0.3 is 10.2 Å². The van der Waals surface area contributed by atoms with Crippen LogP contribution in [-0.2, 0) is 10.2 Å². The van der Waals surface area contributed by atoms with Crippen molar-refractivity contribution in [3.05, 3.63) is 51.0 Å².